The molecule has 1 aliphatic rings. The Hall–Kier alpha value is -2.12. The van der Waals surface area contributed by atoms with Gasteiger partial charge in [0.05, 0.1) is 18.5 Å². The molecule has 0 bridgehead atoms. The summed E-state index contributed by atoms with van der Waals surface area (Å²) in [5.74, 6) is -0.533. The Balaban J connectivity index is 1.86. The smallest absolute Gasteiger partial charge is 0.315 e. The molecule has 19 heavy (non-hydrogen) atoms. The molecule has 0 aliphatic heterocycles. The molecule has 0 spiro atoms. The van der Waals surface area contributed by atoms with Crippen molar-refractivity contribution in [2.45, 2.75) is 44.2 Å². The van der Waals surface area contributed by atoms with Crippen molar-refractivity contribution in [3.8, 4) is 0 Å². The molecule has 0 aromatic carbocycles. The van der Waals surface area contributed by atoms with Crippen LogP contribution in [-0.2, 0) is 11.3 Å². The Morgan fingerprint density at radius 1 is 1.42 bits per heavy atom. The third-order valence-corrected chi connectivity index (χ3v) is 3.24. The number of carboxylic acid groups (broad SMARTS) is 1. The van der Waals surface area contributed by atoms with Gasteiger partial charge in [-0.2, -0.15) is 4.98 Å². The van der Waals surface area contributed by atoms with Crippen LogP contribution >= 0.6 is 0 Å². The molecule has 8 heteroatoms. The first kappa shape index (κ1) is 13.3. The molecule has 0 radical (unpaired) electrons. The maximum absolute atomic E-state index is 11.8. The lowest BCUT2D eigenvalue weighted by molar-refractivity contribution is -0.138. The monoisotopic (exact) mass is 268 g/mol. The number of amides is 2. The second kappa shape index (κ2) is 5.68. The minimum atomic E-state index is -0.902. The standard InChI is InChI=1S/C11H16N4O4/c16-9(17)5-11(3-1-2-4-11)14-10(18)12-6-8-13-7-19-15-8/h7H,1-6H2,(H,16,17)(H2,12,14,18). The normalized spacial score (nSPS) is 17.1. The van der Waals surface area contributed by atoms with Crippen LogP contribution in [0.25, 0.3) is 0 Å². The van der Waals surface area contributed by atoms with E-state index in [0.29, 0.717) is 18.7 Å². The summed E-state index contributed by atoms with van der Waals surface area (Å²) >= 11 is 0. The van der Waals surface area contributed by atoms with Crippen LogP contribution in [-0.4, -0.2) is 32.8 Å². The molecule has 2 rings (SSSR count). The van der Waals surface area contributed by atoms with Crippen molar-refractivity contribution in [2.75, 3.05) is 0 Å². The Bertz CT molecular complexity index is 440. The van der Waals surface area contributed by atoms with Gasteiger partial charge in [0.1, 0.15) is 0 Å². The molecule has 1 aromatic heterocycles. The number of urea groups is 1. The molecule has 3 N–H and O–H groups in total. The number of aliphatic carboxylic acids is 1. The van der Waals surface area contributed by atoms with Crippen LogP contribution in [0.4, 0.5) is 4.79 Å². The first-order chi connectivity index (χ1) is 9.10. The highest BCUT2D eigenvalue weighted by molar-refractivity contribution is 5.76. The van der Waals surface area contributed by atoms with Crippen LogP contribution < -0.4 is 10.6 Å². The van der Waals surface area contributed by atoms with E-state index >= 15 is 0 Å². The zero-order valence-electron chi connectivity index (χ0n) is 10.4. The van der Waals surface area contributed by atoms with Crippen molar-refractivity contribution in [3.63, 3.8) is 0 Å². The Kier molecular flexibility index (Phi) is 3.98. The number of nitrogens with one attached hydrogen (secondary N) is 2. The van der Waals surface area contributed by atoms with E-state index in [1.54, 1.807) is 0 Å². The summed E-state index contributed by atoms with van der Waals surface area (Å²) in [6, 6.07) is -0.409. The topological polar surface area (TPSA) is 117 Å². The van der Waals surface area contributed by atoms with Crippen LogP contribution in [0.3, 0.4) is 0 Å². The summed E-state index contributed by atoms with van der Waals surface area (Å²) in [6.07, 6.45) is 4.36. The number of rotatable bonds is 5. The summed E-state index contributed by atoms with van der Waals surface area (Å²) in [6.45, 7) is 0.144. The van der Waals surface area contributed by atoms with Crippen LogP contribution in [0, 0.1) is 0 Å². The molecule has 104 valence electrons. The summed E-state index contributed by atoms with van der Waals surface area (Å²) in [4.78, 5) is 26.4. The summed E-state index contributed by atoms with van der Waals surface area (Å²) in [5, 5.41) is 17.8. The molecule has 1 aromatic rings. The number of aromatic nitrogens is 2. The number of nitrogens with zero attached hydrogens (tertiary/aromatic N) is 2. The van der Waals surface area contributed by atoms with Gasteiger partial charge in [0.15, 0.2) is 5.82 Å². The highest BCUT2D eigenvalue weighted by Gasteiger charge is 2.37. The average Bonchev–Trinajstić information content (AvgIpc) is 2.97. The number of carbonyl (C=O) groups excluding carboxylic acids is 1. The number of carboxylic acids is 1. The second-order valence-corrected chi connectivity index (χ2v) is 4.71. The first-order valence-corrected chi connectivity index (χ1v) is 6.13. The van der Waals surface area contributed by atoms with Crippen molar-refractivity contribution < 1.29 is 19.2 Å². The molecule has 1 fully saturated rings. The molecule has 0 atom stereocenters. The van der Waals surface area contributed by atoms with Gasteiger partial charge in [0.2, 0.25) is 6.39 Å². The molecule has 1 saturated carbocycles. The fourth-order valence-electron chi connectivity index (χ4n) is 2.40. The van der Waals surface area contributed by atoms with Crippen LogP contribution in [0.1, 0.15) is 37.9 Å². The van der Waals surface area contributed by atoms with E-state index in [4.69, 9.17) is 5.11 Å². The Morgan fingerprint density at radius 3 is 2.74 bits per heavy atom. The van der Waals surface area contributed by atoms with Gasteiger partial charge < -0.3 is 20.3 Å². The molecule has 1 aliphatic carbocycles. The zero-order chi connectivity index (χ0) is 13.7. The second-order valence-electron chi connectivity index (χ2n) is 4.71. The van der Waals surface area contributed by atoms with Gasteiger partial charge in [0, 0.05) is 0 Å². The van der Waals surface area contributed by atoms with E-state index in [9.17, 15) is 9.59 Å². The van der Waals surface area contributed by atoms with E-state index in [0.717, 1.165) is 12.8 Å². The zero-order valence-corrected chi connectivity index (χ0v) is 10.4. The highest BCUT2D eigenvalue weighted by Crippen LogP contribution is 2.32. The van der Waals surface area contributed by atoms with Crippen LogP contribution in [0.5, 0.6) is 0 Å². The Morgan fingerprint density at radius 2 is 2.16 bits per heavy atom. The van der Waals surface area contributed by atoms with Crippen molar-refractivity contribution in [3.05, 3.63) is 12.2 Å². The molecule has 0 saturated heterocycles. The van der Waals surface area contributed by atoms with Crippen LogP contribution in [0.2, 0.25) is 0 Å². The maximum atomic E-state index is 11.8. The van der Waals surface area contributed by atoms with E-state index in [2.05, 4.69) is 25.3 Å². The molecule has 0 unspecified atom stereocenters. The van der Waals surface area contributed by atoms with Gasteiger partial charge in [-0.3, -0.25) is 4.79 Å². The third kappa shape index (κ3) is 3.67. The van der Waals surface area contributed by atoms with Crippen molar-refractivity contribution in [1.82, 2.24) is 20.8 Å². The van der Waals surface area contributed by atoms with Gasteiger partial charge in [-0.1, -0.05) is 18.0 Å². The SMILES string of the molecule is O=C(O)CC1(NC(=O)NCc2ncon2)CCCC1. The van der Waals surface area contributed by atoms with Gasteiger partial charge in [-0.15, -0.1) is 0 Å². The number of hydrogen-bond donors (Lipinski definition) is 3. The minimum absolute atomic E-state index is 0.0529. The van der Waals surface area contributed by atoms with Crippen molar-refractivity contribution in [2.24, 2.45) is 0 Å². The lowest BCUT2D eigenvalue weighted by Crippen LogP contribution is -2.51. The van der Waals surface area contributed by atoms with Crippen molar-refractivity contribution in [1.29, 1.82) is 0 Å². The predicted molar refractivity (Wildman–Crippen MR) is 63.1 cm³/mol. The number of hydrogen-bond acceptors (Lipinski definition) is 5. The van der Waals surface area contributed by atoms with E-state index in [-0.39, 0.29) is 13.0 Å². The summed E-state index contributed by atoms with van der Waals surface area (Å²) in [7, 11) is 0. The quantitative estimate of drug-likeness (QED) is 0.722. The largest absolute Gasteiger partial charge is 0.481 e. The number of carbonyl (C=O) groups is 2. The molecular weight excluding hydrogens is 252 g/mol. The third-order valence-electron chi connectivity index (χ3n) is 3.24. The van der Waals surface area contributed by atoms with Gasteiger partial charge >= 0.3 is 12.0 Å². The first-order valence-electron chi connectivity index (χ1n) is 6.13. The lowest BCUT2D eigenvalue weighted by atomic mass is 9.93. The molecule has 1 heterocycles. The van der Waals surface area contributed by atoms with Gasteiger partial charge in [-0.25, -0.2) is 4.79 Å². The van der Waals surface area contributed by atoms with Crippen molar-refractivity contribution >= 4 is 12.0 Å². The van der Waals surface area contributed by atoms with E-state index < -0.39 is 17.5 Å². The fourth-order valence-corrected chi connectivity index (χ4v) is 2.40. The average molecular weight is 268 g/mol. The van der Waals surface area contributed by atoms with E-state index in [1.807, 2.05) is 0 Å². The molecule has 2 amide bonds. The predicted octanol–water partition coefficient (Wildman–Crippen LogP) is 0.656. The molecule has 8 nitrogen and oxygen atoms in total. The lowest BCUT2D eigenvalue weighted by Gasteiger charge is -2.28. The highest BCUT2D eigenvalue weighted by atomic mass is 16.5. The summed E-state index contributed by atoms with van der Waals surface area (Å²) in [5.41, 5.74) is -0.632. The fraction of sp³-hybridized carbons (Fsp3) is 0.636. The minimum Gasteiger partial charge on any atom is -0.481 e. The van der Waals surface area contributed by atoms with Crippen LogP contribution in [0.15, 0.2) is 10.9 Å². The maximum Gasteiger partial charge on any atom is 0.315 e. The molecular formula is C11H16N4O4. The van der Waals surface area contributed by atoms with Gasteiger partial charge in [-0.05, 0) is 12.8 Å². The van der Waals surface area contributed by atoms with E-state index in [1.165, 1.54) is 6.39 Å². The van der Waals surface area contributed by atoms with Gasteiger partial charge in [0.25, 0.3) is 0 Å². The summed E-state index contributed by atoms with van der Waals surface area (Å²) < 4.78 is 4.54. The Labute approximate surface area is 109 Å².